The van der Waals surface area contributed by atoms with E-state index in [2.05, 4.69) is 20.6 Å². The summed E-state index contributed by atoms with van der Waals surface area (Å²) in [5.74, 6) is 0.285. The number of benzene rings is 2. The second-order valence-corrected chi connectivity index (χ2v) is 5.96. The summed E-state index contributed by atoms with van der Waals surface area (Å²) in [7, 11) is 0. The van der Waals surface area contributed by atoms with E-state index in [1.807, 2.05) is 37.3 Å². The molecule has 0 saturated carbocycles. The molecule has 2 aromatic carbocycles. The van der Waals surface area contributed by atoms with Gasteiger partial charge in [-0.3, -0.25) is 4.79 Å². The summed E-state index contributed by atoms with van der Waals surface area (Å²) in [5, 5.41) is 6.67. The molecule has 0 fully saturated rings. The fourth-order valence-electron chi connectivity index (χ4n) is 2.34. The molecule has 2 N–H and O–H groups in total. The zero-order valence-corrected chi connectivity index (χ0v) is 14.4. The molecule has 0 spiro atoms. The molecule has 3 rings (SSSR count). The predicted molar refractivity (Wildman–Crippen MR) is 99.9 cm³/mol. The normalized spacial score (nSPS) is 11.6. The molecular formula is C19H17ClN4O. The molecule has 0 aliphatic carbocycles. The Bertz CT molecular complexity index is 853. The molecule has 0 radical (unpaired) electrons. The van der Waals surface area contributed by atoms with Crippen molar-refractivity contribution in [1.29, 1.82) is 0 Å². The number of anilines is 2. The molecule has 0 saturated heterocycles. The molecule has 0 bridgehead atoms. The van der Waals surface area contributed by atoms with E-state index in [9.17, 15) is 4.79 Å². The Morgan fingerprint density at radius 2 is 1.76 bits per heavy atom. The SMILES string of the molecule is CC(Nc1cc(C(=O)Nc2ccc(Cl)cc2)ncn1)c1ccccc1. The number of amides is 1. The zero-order chi connectivity index (χ0) is 17.6. The van der Waals surface area contributed by atoms with Gasteiger partial charge in [-0.25, -0.2) is 9.97 Å². The van der Waals surface area contributed by atoms with Crippen LogP contribution in [0, 0.1) is 0 Å². The van der Waals surface area contributed by atoms with Gasteiger partial charge in [0.2, 0.25) is 0 Å². The van der Waals surface area contributed by atoms with Gasteiger partial charge in [-0.15, -0.1) is 0 Å². The van der Waals surface area contributed by atoms with Gasteiger partial charge >= 0.3 is 0 Å². The molecule has 1 amide bonds. The van der Waals surface area contributed by atoms with Crippen molar-refractivity contribution in [3.8, 4) is 0 Å². The number of aromatic nitrogens is 2. The van der Waals surface area contributed by atoms with Gasteiger partial charge in [0.1, 0.15) is 17.8 Å². The van der Waals surface area contributed by atoms with E-state index in [1.54, 1.807) is 30.3 Å². The Labute approximate surface area is 151 Å². The molecule has 0 aliphatic heterocycles. The first-order valence-corrected chi connectivity index (χ1v) is 8.20. The Balaban J connectivity index is 1.70. The van der Waals surface area contributed by atoms with Gasteiger partial charge in [-0.1, -0.05) is 41.9 Å². The summed E-state index contributed by atoms with van der Waals surface area (Å²) in [6.45, 7) is 2.03. The van der Waals surface area contributed by atoms with Crippen LogP contribution >= 0.6 is 11.6 Å². The standard InChI is InChI=1S/C19H17ClN4O/c1-13(14-5-3-2-4-6-14)23-18-11-17(21-12-22-18)19(25)24-16-9-7-15(20)8-10-16/h2-13H,1H3,(H,24,25)(H,21,22,23). The van der Waals surface area contributed by atoms with Gasteiger partial charge in [-0.05, 0) is 36.8 Å². The summed E-state index contributed by atoms with van der Waals surface area (Å²) < 4.78 is 0. The number of halogens is 1. The van der Waals surface area contributed by atoms with Crippen molar-refractivity contribution < 1.29 is 4.79 Å². The first-order chi connectivity index (χ1) is 12.1. The Hall–Kier alpha value is -2.92. The molecule has 1 heterocycles. The topological polar surface area (TPSA) is 66.9 Å². The van der Waals surface area contributed by atoms with Crippen molar-refractivity contribution in [1.82, 2.24) is 9.97 Å². The first-order valence-electron chi connectivity index (χ1n) is 7.82. The Kier molecular flexibility index (Phi) is 5.26. The zero-order valence-electron chi connectivity index (χ0n) is 13.6. The number of hydrogen-bond acceptors (Lipinski definition) is 4. The third kappa shape index (κ3) is 4.55. The molecule has 5 nitrogen and oxygen atoms in total. The van der Waals surface area contributed by atoms with E-state index in [0.29, 0.717) is 16.5 Å². The number of carbonyl (C=O) groups is 1. The smallest absolute Gasteiger partial charge is 0.274 e. The van der Waals surface area contributed by atoms with Gasteiger partial charge in [0, 0.05) is 22.8 Å². The van der Waals surface area contributed by atoms with Crippen molar-refractivity contribution >= 4 is 29.0 Å². The van der Waals surface area contributed by atoms with Crippen molar-refractivity contribution in [2.75, 3.05) is 10.6 Å². The first kappa shape index (κ1) is 16.9. The number of rotatable bonds is 5. The van der Waals surface area contributed by atoms with Crippen LogP contribution in [-0.2, 0) is 0 Å². The fourth-order valence-corrected chi connectivity index (χ4v) is 2.46. The highest BCUT2D eigenvalue weighted by Gasteiger charge is 2.11. The van der Waals surface area contributed by atoms with Crippen molar-refractivity contribution in [3.05, 3.63) is 83.3 Å². The van der Waals surface area contributed by atoms with Gasteiger partial charge in [0.25, 0.3) is 5.91 Å². The van der Waals surface area contributed by atoms with Crippen LogP contribution in [0.2, 0.25) is 5.02 Å². The van der Waals surface area contributed by atoms with Crippen LogP contribution in [0.3, 0.4) is 0 Å². The summed E-state index contributed by atoms with van der Waals surface area (Å²) in [6, 6.07) is 18.6. The lowest BCUT2D eigenvalue weighted by atomic mass is 10.1. The van der Waals surface area contributed by atoms with Crippen LogP contribution in [0.5, 0.6) is 0 Å². The minimum Gasteiger partial charge on any atom is -0.363 e. The molecule has 1 atom stereocenters. The van der Waals surface area contributed by atoms with E-state index in [-0.39, 0.29) is 17.6 Å². The highest BCUT2D eigenvalue weighted by Crippen LogP contribution is 2.18. The fraction of sp³-hybridized carbons (Fsp3) is 0.105. The second kappa shape index (κ2) is 7.77. The molecule has 3 aromatic rings. The van der Waals surface area contributed by atoms with Crippen molar-refractivity contribution in [3.63, 3.8) is 0 Å². The van der Waals surface area contributed by atoms with E-state index in [1.165, 1.54) is 6.33 Å². The van der Waals surface area contributed by atoms with E-state index >= 15 is 0 Å². The molecule has 1 aromatic heterocycles. The lowest BCUT2D eigenvalue weighted by Gasteiger charge is -2.15. The summed E-state index contributed by atoms with van der Waals surface area (Å²) in [6.07, 6.45) is 1.37. The van der Waals surface area contributed by atoms with Gasteiger partial charge in [-0.2, -0.15) is 0 Å². The highest BCUT2D eigenvalue weighted by atomic mass is 35.5. The summed E-state index contributed by atoms with van der Waals surface area (Å²) in [4.78, 5) is 20.6. The number of nitrogens with one attached hydrogen (secondary N) is 2. The van der Waals surface area contributed by atoms with E-state index in [4.69, 9.17) is 11.6 Å². The van der Waals surface area contributed by atoms with Crippen LogP contribution in [0.25, 0.3) is 0 Å². The van der Waals surface area contributed by atoms with Gasteiger partial charge in [0.05, 0.1) is 0 Å². The molecule has 6 heteroatoms. The summed E-state index contributed by atoms with van der Waals surface area (Å²) in [5.41, 5.74) is 2.07. The maximum Gasteiger partial charge on any atom is 0.274 e. The van der Waals surface area contributed by atoms with E-state index in [0.717, 1.165) is 5.56 Å². The third-order valence-electron chi connectivity index (χ3n) is 3.67. The van der Waals surface area contributed by atoms with Crippen LogP contribution in [0.15, 0.2) is 67.0 Å². The summed E-state index contributed by atoms with van der Waals surface area (Å²) >= 11 is 5.84. The molecule has 25 heavy (non-hydrogen) atoms. The van der Waals surface area contributed by atoms with Gasteiger partial charge in [0.15, 0.2) is 0 Å². The lowest BCUT2D eigenvalue weighted by molar-refractivity contribution is 0.102. The van der Waals surface area contributed by atoms with Crippen LogP contribution in [0.1, 0.15) is 29.0 Å². The maximum absolute atomic E-state index is 12.3. The molecule has 126 valence electrons. The maximum atomic E-state index is 12.3. The lowest BCUT2D eigenvalue weighted by Crippen LogP contribution is -2.15. The quantitative estimate of drug-likeness (QED) is 0.706. The third-order valence-corrected chi connectivity index (χ3v) is 3.92. The van der Waals surface area contributed by atoms with E-state index < -0.39 is 0 Å². The number of hydrogen-bond donors (Lipinski definition) is 2. The number of nitrogens with zero attached hydrogens (tertiary/aromatic N) is 2. The average Bonchev–Trinajstić information content (AvgIpc) is 2.64. The minimum absolute atomic E-state index is 0.0586. The predicted octanol–water partition coefficient (Wildman–Crippen LogP) is 4.56. The number of carbonyl (C=O) groups excluding carboxylic acids is 1. The van der Waals surface area contributed by atoms with Gasteiger partial charge < -0.3 is 10.6 Å². The highest BCUT2D eigenvalue weighted by molar-refractivity contribution is 6.30. The molecular weight excluding hydrogens is 336 g/mol. The van der Waals surface area contributed by atoms with Crippen LogP contribution < -0.4 is 10.6 Å². The minimum atomic E-state index is -0.305. The molecule has 1 unspecified atom stereocenters. The Morgan fingerprint density at radius 1 is 1.04 bits per heavy atom. The van der Waals surface area contributed by atoms with Crippen LogP contribution in [-0.4, -0.2) is 15.9 Å². The van der Waals surface area contributed by atoms with Crippen molar-refractivity contribution in [2.45, 2.75) is 13.0 Å². The monoisotopic (exact) mass is 352 g/mol. The van der Waals surface area contributed by atoms with Crippen molar-refractivity contribution in [2.24, 2.45) is 0 Å². The average molecular weight is 353 g/mol. The van der Waals surface area contributed by atoms with Crippen LogP contribution in [0.4, 0.5) is 11.5 Å². The Morgan fingerprint density at radius 3 is 2.48 bits per heavy atom. The molecule has 0 aliphatic rings. The second-order valence-electron chi connectivity index (χ2n) is 5.53. The largest absolute Gasteiger partial charge is 0.363 e.